The number of alkyl halides is 1. The lowest BCUT2D eigenvalue weighted by Crippen LogP contribution is -2.72. The molecule has 0 amide bonds. The Hall–Kier alpha value is -3.07. The van der Waals surface area contributed by atoms with Crippen LogP contribution in [-0.2, 0) is 0 Å². The summed E-state index contributed by atoms with van der Waals surface area (Å²) in [5, 5.41) is 22.6. The highest BCUT2D eigenvalue weighted by Gasteiger charge is 2.53. The van der Waals surface area contributed by atoms with Crippen molar-refractivity contribution >= 4 is 5.82 Å². The van der Waals surface area contributed by atoms with E-state index in [0.717, 1.165) is 24.9 Å². The number of imidazole rings is 1. The molecule has 2 aromatic heterocycles. The van der Waals surface area contributed by atoms with Gasteiger partial charge >= 0.3 is 0 Å². The fraction of sp³-hybridized carbons (Fsp3) is 0.478. The van der Waals surface area contributed by atoms with Crippen molar-refractivity contribution in [1.82, 2.24) is 30.0 Å². The van der Waals surface area contributed by atoms with E-state index in [-0.39, 0.29) is 17.3 Å². The lowest BCUT2D eigenvalue weighted by atomic mass is 9.68. The van der Waals surface area contributed by atoms with Crippen LogP contribution in [0.15, 0.2) is 43.1 Å². The number of nitrogens with zero attached hydrogens (tertiary/aromatic N) is 6. The summed E-state index contributed by atoms with van der Waals surface area (Å²) >= 11 is 0. The van der Waals surface area contributed by atoms with Crippen molar-refractivity contribution in [3.63, 3.8) is 0 Å². The lowest BCUT2D eigenvalue weighted by Gasteiger charge is -2.56. The quantitative estimate of drug-likeness (QED) is 0.647. The van der Waals surface area contributed by atoms with Gasteiger partial charge in [0.25, 0.3) is 0 Å². The van der Waals surface area contributed by atoms with Gasteiger partial charge < -0.3 is 19.9 Å². The van der Waals surface area contributed by atoms with E-state index in [9.17, 15) is 5.11 Å². The Kier molecular flexibility index (Phi) is 4.88. The van der Waals surface area contributed by atoms with Gasteiger partial charge in [-0.05, 0) is 51.7 Å². The molecule has 0 aliphatic carbocycles. The molecule has 168 valence electrons. The number of halogens is 1. The molecular weight excluding hydrogens is 409 g/mol. The maximum absolute atomic E-state index is 15.5. The number of hydrogen-bond acceptors (Lipinski definition) is 7. The Morgan fingerprint density at radius 3 is 2.78 bits per heavy atom. The van der Waals surface area contributed by atoms with E-state index < -0.39 is 11.7 Å². The molecule has 0 unspecified atom stereocenters. The van der Waals surface area contributed by atoms with Gasteiger partial charge in [0.2, 0.25) is 0 Å². The van der Waals surface area contributed by atoms with Crippen molar-refractivity contribution in [2.24, 2.45) is 0 Å². The summed E-state index contributed by atoms with van der Waals surface area (Å²) in [5.41, 5.74) is 0.641. The largest absolute Gasteiger partial charge is 0.507 e. The van der Waals surface area contributed by atoms with Crippen LogP contribution in [0.3, 0.4) is 0 Å². The van der Waals surface area contributed by atoms with Crippen molar-refractivity contribution in [2.75, 3.05) is 11.9 Å². The second kappa shape index (κ2) is 7.51. The van der Waals surface area contributed by atoms with Crippen LogP contribution in [0.1, 0.15) is 39.5 Å². The van der Waals surface area contributed by atoms with Crippen molar-refractivity contribution in [3.05, 3.63) is 43.1 Å². The van der Waals surface area contributed by atoms with E-state index in [1.807, 2.05) is 24.9 Å². The van der Waals surface area contributed by atoms with Gasteiger partial charge in [-0.3, -0.25) is 0 Å². The van der Waals surface area contributed by atoms with Crippen molar-refractivity contribution in [2.45, 2.75) is 62.8 Å². The second-order valence-electron chi connectivity index (χ2n) is 9.55. The number of aromatic hydroxyl groups is 1. The number of nitrogens with one attached hydrogen (secondary N) is 1. The molecule has 8 nitrogen and oxygen atoms in total. The van der Waals surface area contributed by atoms with Gasteiger partial charge in [-0.1, -0.05) is 0 Å². The summed E-state index contributed by atoms with van der Waals surface area (Å²) in [6, 6.07) is 4.92. The van der Waals surface area contributed by atoms with Crippen molar-refractivity contribution in [3.8, 4) is 22.8 Å². The summed E-state index contributed by atoms with van der Waals surface area (Å²) in [5.74, 6) is 0.882. The number of fused-ring (bicyclic) bond motifs is 2. The summed E-state index contributed by atoms with van der Waals surface area (Å²) in [4.78, 5) is 10.3. The highest BCUT2D eigenvalue weighted by atomic mass is 19.1. The molecule has 0 saturated carbocycles. The normalized spacial score (nSPS) is 29.6. The van der Waals surface area contributed by atoms with Gasteiger partial charge in [0.05, 0.1) is 29.8 Å². The maximum Gasteiger partial charge on any atom is 0.185 e. The summed E-state index contributed by atoms with van der Waals surface area (Å²) in [7, 11) is 1.85. The monoisotopic (exact) mass is 437 g/mol. The molecule has 4 heterocycles. The zero-order valence-electron chi connectivity index (χ0n) is 18.5. The van der Waals surface area contributed by atoms with E-state index in [0.29, 0.717) is 23.6 Å². The van der Waals surface area contributed by atoms with Crippen LogP contribution in [0.2, 0.25) is 0 Å². The van der Waals surface area contributed by atoms with Crippen LogP contribution in [0.25, 0.3) is 17.1 Å². The molecule has 2 aliphatic rings. The SMILES string of the molecule is CN(c1cnc(-c2ccc(-n3ccnc3)cc2O)nn1)[C@H]1C[C@]2(C)CCC[C@@](C)(N2)[C@H]1F. The minimum atomic E-state index is -1.03. The zero-order valence-corrected chi connectivity index (χ0v) is 18.5. The summed E-state index contributed by atoms with van der Waals surface area (Å²) in [6.45, 7) is 4.17. The van der Waals surface area contributed by atoms with Gasteiger partial charge in [-0.15, -0.1) is 10.2 Å². The number of piperidine rings is 2. The first-order valence-electron chi connectivity index (χ1n) is 11.0. The third-order valence-corrected chi connectivity index (χ3v) is 7.05. The fourth-order valence-corrected chi connectivity index (χ4v) is 5.35. The molecule has 5 rings (SSSR count). The first kappa shape index (κ1) is 20.8. The molecule has 0 spiro atoms. The molecule has 2 N–H and O–H groups in total. The number of phenols is 1. The highest BCUT2D eigenvalue weighted by Crippen LogP contribution is 2.43. The Balaban J connectivity index is 1.38. The number of phenolic OH excluding ortho intramolecular Hbond substituents is 1. The van der Waals surface area contributed by atoms with Gasteiger partial charge in [0.15, 0.2) is 11.6 Å². The number of hydrogen-bond donors (Lipinski definition) is 2. The fourth-order valence-electron chi connectivity index (χ4n) is 5.35. The number of benzene rings is 1. The van der Waals surface area contributed by atoms with Crippen LogP contribution in [0.4, 0.5) is 10.2 Å². The molecule has 32 heavy (non-hydrogen) atoms. The molecule has 4 atom stereocenters. The molecular formula is C23H28FN7O. The predicted molar refractivity (Wildman–Crippen MR) is 120 cm³/mol. The molecule has 2 aliphatic heterocycles. The van der Waals surface area contributed by atoms with E-state index in [1.54, 1.807) is 41.6 Å². The van der Waals surface area contributed by atoms with Crippen LogP contribution < -0.4 is 10.2 Å². The molecule has 1 aromatic carbocycles. The maximum atomic E-state index is 15.5. The van der Waals surface area contributed by atoms with Crippen LogP contribution >= 0.6 is 0 Å². The Morgan fingerprint density at radius 1 is 1.25 bits per heavy atom. The molecule has 0 radical (unpaired) electrons. The summed E-state index contributed by atoms with van der Waals surface area (Å²) in [6.07, 6.45) is 9.29. The van der Waals surface area contributed by atoms with Gasteiger partial charge in [-0.25, -0.2) is 14.4 Å². The third kappa shape index (κ3) is 3.50. The zero-order chi connectivity index (χ0) is 22.5. The number of anilines is 1. The first-order valence-corrected chi connectivity index (χ1v) is 11.0. The smallest absolute Gasteiger partial charge is 0.185 e. The van der Waals surface area contributed by atoms with E-state index in [1.165, 1.54) is 0 Å². The number of aromatic nitrogens is 5. The molecule has 9 heteroatoms. The molecule has 2 bridgehead atoms. The predicted octanol–water partition coefficient (Wildman–Crippen LogP) is 3.27. The van der Waals surface area contributed by atoms with Gasteiger partial charge in [0, 0.05) is 36.6 Å². The lowest BCUT2D eigenvalue weighted by molar-refractivity contribution is 0.00193. The van der Waals surface area contributed by atoms with E-state index >= 15 is 4.39 Å². The molecule has 3 aromatic rings. The molecule has 2 fully saturated rings. The topological polar surface area (TPSA) is 92.0 Å². The minimum Gasteiger partial charge on any atom is -0.507 e. The molecule has 2 saturated heterocycles. The standard InChI is InChI=1S/C23H28FN7O/c1-22-7-4-8-23(2,29-22)20(24)17(12-22)30(3)19-13-26-21(28-27-19)16-6-5-15(11-18(16)32)31-10-9-25-14-31/h5-6,9-11,13-14,17,20,29,32H,4,7-8,12H2,1-3H3/t17-,20-,22-,23+/m0/s1. The summed E-state index contributed by atoms with van der Waals surface area (Å²) < 4.78 is 17.3. The number of rotatable bonds is 4. The van der Waals surface area contributed by atoms with E-state index in [2.05, 4.69) is 32.4 Å². The minimum absolute atomic E-state index is 0.0509. The van der Waals surface area contributed by atoms with E-state index in [4.69, 9.17) is 0 Å². The Bertz CT molecular complexity index is 1110. The van der Waals surface area contributed by atoms with Crippen molar-refractivity contribution < 1.29 is 9.50 Å². The van der Waals surface area contributed by atoms with Crippen molar-refractivity contribution in [1.29, 1.82) is 0 Å². The van der Waals surface area contributed by atoms with Crippen LogP contribution in [0, 0.1) is 0 Å². The van der Waals surface area contributed by atoms with Gasteiger partial charge in [-0.2, -0.15) is 0 Å². The highest BCUT2D eigenvalue weighted by molar-refractivity contribution is 5.66. The van der Waals surface area contributed by atoms with Crippen LogP contribution in [0.5, 0.6) is 5.75 Å². The average molecular weight is 438 g/mol. The average Bonchev–Trinajstić information content (AvgIpc) is 3.31. The second-order valence-corrected chi connectivity index (χ2v) is 9.55. The Labute approximate surface area is 186 Å². The van der Waals surface area contributed by atoms with Crippen LogP contribution in [-0.4, -0.2) is 60.2 Å². The first-order chi connectivity index (χ1) is 15.3. The van der Waals surface area contributed by atoms with Gasteiger partial charge in [0.1, 0.15) is 11.9 Å². The Morgan fingerprint density at radius 2 is 2.09 bits per heavy atom. The third-order valence-electron chi connectivity index (χ3n) is 7.05.